The first-order valence-electron chi connectivity index (χ1n) is 7.30. The SMILES string of the molecule is CC(NC(C)(CN)Cc1ccccc1F)c1ccccc1. The van der Waals surface area contributed by atoms with Crippen molar-refractivity contribution in [2.45, 2.75) is 31.8 Å². The smallest absolute Gasteiger partial charge is 0.126 e. The molecule has 0 saturated carbocycles. The van der Waals surface area contributed by atoms with Crippen LogP contribution in [-0.4, -0.2) is 12.1 Å². The van der Waals surface area contributed by atoms with Crippen LogP contribution in [0, 0.1) is 5.82 Å². The van der Waals surface area contributed by atoms with Gasteiger partial charge in [-0.25, -0.2) is 4.39 Å². The van der Waals surface area contributed by atoms with Crippen LogP contribution in [-0.2, 0) is 6.42 Å². The fraction of sp³-hybridized carbons (Fsp3) is 0.333. The Bertz CT molecular complexity index is 570. The molecule has 0 amide bonds. The van der Waals surface area contributed by atoms with Crippen LogP contribution in [0.15, 0.2) is 54.6 Å². The van der Waals surface area contributed by atoms with Gasteiger partial charge in [-0.2, -0.15) is 0 Å². The molecule has 0 fully saturated rings. The maximum atomic E-state index is 13.8. The molecule has 0 heterocycles. The normalized spacial score (nSPS) is 15.4. The van der Waals surface area contributed by atoms with E-state index in [9.17, 15) is 4.39 Å². The van der Waals surface area contributed by atoms with E-state index in [0.717, 1.165) is 0 Å². The minimum atomic E-state index is -0.350. The summed E-state index contributed by atoms with van der Waals surface area (Å²) in [5, 5.41) is 3.54. The van der Waals surface area contributed by atoms with E-state index in [4.69, 9.17) is 5.73 Å². The zero-order valence-electron chi connectivity index (χ0n) is 12.6. The molecule has 2 atom stereocenters. The summed E-state index contributed by atoms with van der Waals surface area (Å²) in [6.07, 6.45) is 0.563. The van der Waals surface area contributed by atoms with E-state index in [-0.39, 0.29) is 17.4 Å². The topological polar surface area (TPSA) is 38.0 Å². The number of hydrogen-bond acceptors (Lipinski definition) is 2. The van der Waals surface area contributed by atoms with Crippen molar-refractivity contribution in [3.63, 3.8) is 0 Å². The third-order valence-corrected chi connectivity index (χ3v) is 3.85. The van der Waals surface area contributed by atoms with Crippen LogP contribution in [0.1, 0.15) is 31.0 Å². The Hall–Kier alpha value is -1.71. The van der Waals surface area contributed by atoms with Crippen molar-refractivity contribution in [1.29, 1.82) is 0 Å². The predicted octanol–water partition coefficient (Wildman–Crippen LogP) is 3.44. The van der Waals surface area contributed by atoms with Crippen LogP contribution in [0.5, 0.6) is 0 Å². The molecule has 3 N–H and O–H groups in total. The third-order valence-electron chi connectivity index (χ3n) is 3.85. The Balaban J connectivity index is 2.12. The monoisotopic (exact) mass is 286 g/mol. The molecule has 2 rings (SSSR count). The molecule has 3 heteroatoms. The van der Waals surface area contributed by atoms with Gasteiger partial charge >= 0.3 is 0 Å². The van der Waals surface area contributed by atoms with Crippen molar-refractivity contribution in [1.82, 2.24) is 5.32 Å². The number of nitrogens with one attached hydrogen (secondary N) is 1. The lowest BCUT2D eigenvalue weighted by molar-refractivity contribution is 0.321. The van der Waals surface area contributed by atoms with E-state index in [2.05, 4.69) is 24.4 Å². The van der Waals surface area contributed by atoms with Gasteiger partial charge in [0.1, 0.15) is 5.82 Å². The molecule has 2 aromatic rings. The van der Waals surface area contributed by atoms with Crippen molar-refractivity contribution >= 4 is 0 Å². The number of halogens is 1. The third kappa shape index (κ3) is 4.13. The van der Waals surface area contributed by atoms with Crippen molar-refractivity contribution in [3.05, 3.63) is 71.5 Å². The van der Waals surface area contributed by atoms with Crippen molar-refractivity contribution in [3.8, 4) is 0 Å². The highest BCUT2D eigenvalue weighted by atomic mass is 19.1. The minimum absolute atomic E-state index is 0.159. The van der Waals surface area contributed by atoms with Crippen LogP contribution >= 0.6 is 0 Å². The summed E-state index contributed by atoms with van der Waals surface area (Å²) in [6.45, 7) is 4.59. The van der Waals surface area contributed by atoms with Gasteiger partial charge in [0, 0.05) is 18.1 Å². The van der Waals surface area contributed by atoms with E-state index >= 15 is 0 Å². The van der Waals surface area contributed by atoms with Gasteiger partial charge in [-0.3, -0.25) is 0 Å². The molecule has 2 aromatic carbocycles. The quantitative estimate of drug-likeness (QED) is 0.853. The molecule has 0 aromatic heterocycles. The van der Waals surface area contributed by atoms with Crippen LogP contribution in [0.3, 0.4) is 0 Å². The van der Waals surface area contributed by atoms with Gasteiger partial charge in [-0.15, -0.1) is 0 Å². The molecule has 0 aliphatic rings. The fourth-order valence-electron chi connectivity index (χ4n) is 2.59. The summed E-state index contributed by atoms with van der Waals surface area (Å²) in [5.41, 5.74) is 7.49. The van der Waals surface area contributed by atoms with Crippen LogP contribution in [0.25, 0.3) is 0 Å². The molecule has 0 aliphatic heterocycles. The Morgan fingerprint density at radius 2 is 1.71 bits per heavy atom. The molecule has 0 radical (unpaired) electrons. The molecule has 0 aliphatic carbocycles. The van der Waals surface area contributed by atoms with Gasteiger partial charge in [0.15, 0.2) is 0 Å². The highest BCUT2D eigenvalue weighted by molar-refractivity contribution is 5.22. The number of rotatable bonds is 6. The van der Waals surface area contributed by atoms with Gasteiger partial charge in [-0.05, 0) is 37.5 Å². The zero-order valence-corrected chi connectivity index (χ0v) is 12.6. The van der Waals surface area contributed by atoms with E-state index < -0.39 is 0 Å². The average Bonchev–Trinajstić information content (AvgIpc) is 2.50. The largest absolute Gasteiger partial charge is 0.329 e. The summed E-state index contributed by atoms with van der Waals surface area (Å²) in [4.78, 5) is 0. The van der Waals surface area contributed by atoms with E-state index in [0.29, 0.717) is 18.5 Å². The van der Waals surface area contributed by atoms with Gasteiger partial charge in [-0.1, -0.05) is 48.5 Å². The van der Waals surface area contributed by atoms with Gasteiger partial charge in [0.05, 0.1) is 0 Å². The van der Waals surface area contributed by atoms with Crippen LogP contribution in [0.2, 0.25) is 0 Å². The zero-order chi connectivity index (χ0) is 15.3. The van der Waals surface area contributed by atoms with Crippen molar-refractivity contribution in [2.24, 2.45) is 5.73 Å². The molecule has 112 valence electrons. The summed E-state index contributed by atoms with van der Waals surface area (Å²) in [7, 11) is 0. The molecule has 2 nitrogen and oxygen atoms in total. The van der Waals surface area contributed by atoms with Gasteiger partial charge in [0.25, 0.3) is 0 Å². The molecule has 2 unspecified atom stereocenters. The highest BCUT2D eigenvalue weighted by Crippen LogP contribution is 2.20. The lowest BCUT2D eigenvalue weighted by Crippen LogP contribution is -2.51. The first kappa shape index (κ1) is 15.7. The fourth-order valence-corrected chi connectivity index (χ4v) is 2.59. The molecular formula is C18H23FN2. The van der Waals surface area contributed by atoms with E-state index in [1.165, 1.54) is 11.6 Å². The highest BCUT2D eigenvalue weighted by Gasteiger charge is 2.26. The Kier molecular flexibility index (Phi) is 5.10. The molecule has 0 bridgehead atoms. The van der Waals surface area contributed by atoms with E-state index in [1.54, 1.807) is 6.07 Å². The Morgan fingerprint density at radius 1 is 1.10 bits per heavy atom. The molecule has 21 heavy (non-hydrogen) atoms. The number of benzene rings is 2. The molecule has 0 spiro atoms. The summed E-state index contributed by atoms with van der Waals surface area (Å²) >= 11 is 0. The van der Waals surface area contributed by atoms with Gasteiger partial charge in [0.2, 0.25) is 0 Å². The number of nitrogens with two attached hydrogens (primary N) is 1. The maximum Gasteiger partial charge on any atom is 0.126 e. The maximum absolute atomic E-state index is 13.8. The first-order valence-corrected chi connectivity index (χ1v) is 7.30. The van der Waals surface area contributed by atoms with Crippen LogP contribution in [0.4, 0.5) is 4.39 Å². The van der Waals surface area contributed by atoms with Crippen molar-refractivity contribution < 1.29 is 4.39 Å². The summed E-state index contributed by atoms with van der Waals surface area (Å²) in [6, 6.07) is 17.2. The van der Waals surface area contributed by atoms with E-state index in [1.807, 2.05) is 37.3 Å². The second kappa shape index (κ2) is 6.83. The van der Waals surface area contributed by atoms with Gasteiger partial charge < -0.3 is 11.1 Å². The lowest BCUT2D eigenvalue weighted by Gasteiger charge is -2.33. The standard InChI is InChI=1S/C18H23FN2/c1-14(15-8-4-3-5-9-15)21-18(2,13-20)12-16-10-6-7-11-17(16)19/h3-11,14,21H,12-13,20H2,1-2H3. The average molecular weight is 286 g/mol. The predicted molar refractivity (Wildman–Crippen MR) is 85.6 cm³/mol. The molecule has 0 saturated heterocycles. The second-order valence-electron chi connectivity index (χ2n) is 5.81. The first-order chi connectivity index (χ1) is 10.0. The minimum Gasteiger partial charge on any atom is -0.329 e. The summed E-state index contributed by atoms with van der Waals surface area (Å²) < 4.78 is 13.8. The lowest BCUT2D eigenvalue weighted by atomic mass is 9.91. The second-order valence-corrected chi connectivity index (χ2v) is 5.81. The van der Waals surface area contributed by atoms with Crippen molar-refractivity contribution in [2.75, 3.05) is 6.54 Å². The Labute approximate surface area is 126 Å². The van der Waals surface area contributed by atoms with Crippen LogP contribution < -0.4 is 11.1 Å². The Morgan fingerprint density at radius 3 is 2.33 bits per heavy atom. The molecular weight excluding hydrogens is 263 g/mol. The summed E-state index contributed by atoms with van der Waals surface area (Å²) in [5.74, 6) is -0.175. The number of hydrogen-bond donors (Lipinski definition) is 2.